The van der Waals surface area contributed by atoms with Gasteiger partial charge in [-0.3, -0.25) is 9.36 Å². The Hall–Kier alpha value is -1.42. The number of aromatic amines is 1. The molecule has 1 aliphatic rings. The zero-order chi connectivity index (χ0) is 14.3. The molecule has 0 aliphatic carbocycles. The van der Waals surface area contributed by atoms with E-state index in [1.807, 2.05) is 6.26 Å². The topological polar surface area (TPSA) is 113 Å². The van der Waals surface area contributed by atoms with E-state index in [1.165, 1.54) is 29.0 Å². The third kappa shape index (κ3) is 2.03. The van der Waals surface area contributed by atoms with Crippen molar-refractivity contribution in [3.8, 4) is 0 Å². The van der Waals surface area contributed by atoms with Crippen LogP contribution in [-0.4, -0.2) is 60.1 Å². The summed E-state index contributed by atoms with van der Waals surface area (Å²) in [5, 5.41) is 20.1. The SMILES string of the molecule is CSC[C@@H]1O[C@@H](n2cnc3c(=O)[nH]cnc32)[C@@H](O)[C@H]1O. The standard InChI is InChI=1S/C11H14N4O4S/c1-20-2-5-7(16)8(17)11(19-5)15-4-14-6-9(15)12-3-13-10(6)18/h3-5,7-8,11,16-17H,2H2,1H3,(H,12,13,18)/t5-,7-,8-,11+/m0/s1. The van der Waals surface area contributed by atoms with Gasteiger partial charge in [-0.15, -0.1) is 0 Å². The zero-order valence-corrected chi connectivity index (χ0v) is 11.4. The number of H-pyrrole nitrogens is 1. The summed E-state index contributed by atoms with van der Waals surface area (Å²) in [7, 11) is 0. The maximum Gasteiger partial charge on any atom is 0.278 e. The summed E-state index contributed by atoms with van der Waals surface area (Å²) in [6.07, 6.45) is 1.20. The number of nitrogens with zero attached hydrogens (tertiary/aromatic N) is 3. The van der Waals surface area contributed by atoms with Crippen molar-refractivity contribution in [1.82, 2.24) is 19.5 Å². The van der Waals surface area contributed by atoms with E-state index < -0.39 is 24.5 Å². The van der Waals surface area contributed by atoms with Gasteiger partial charge >= 0.3 is 0 Å². The number of imidazole rings is 1. The summed E-state index contributed by atoms with van der Waals surface area (Å²) in [4.78, 5) is 22.0. The van der Waals surface area contributed by atoms with Crippen LogP contribution in [0.1, 0.15) is 6.23 Å². The summed E-state index contributed by atoms with van der Waals surface area (Å²) in [5.41, 5.74) is 0.128. The van der Waals surface area contributed by atoms with E-state index in [0.29, 0.717) is 11.4 Å². The van der Waals surface area contributed by atoms with E-state index in [-0.39, 0.29) is 11.1 Å². The fourth-order valence-corrected chi connectivity index (χ4v) is 2.91. The molecule has 9 heteroatoms. The highest BCUT2D eigenvalue weighted by molar-refractivity contribution is 7.98. The summed E-state index contributed by atoms with van der Waals surface area (Å²) >= 11 is 1.52. The Bertz CT molecular complexity index is 672. The minimum absolute atomic E-state index is 0.172. The molecule has 0 spiro atoms. The molecule has 2 aromatic rings. The minimum atomic E-state index is -1.09. The first kappa shape index (κ1) is 13.6. The molecule has 1 fully saturated rings. The Labute approximate surface area is 117 Å². The number of ether oxygens (including phenoxy) is 1. The highest BCUT2D eigenvalue weighted by atomic mass is 32.2. The van der Waals surface area contributed by atoms with Crippen molar-refractivity contribution >= 4 is 22.9 Å². The van der Waals surface area contributed by atoms with E-state index in [4.69, 9.17) is 4.74 Å². The quantitative estimate of drug-likeness (QED) is 0.673. The van der Waals surface area contributed by atoms with Crippen molar-refractivity contribution in [2.24, 2.45) is 0 Å². The van der Waals surface area contributed by atoms with E-state index >= 15 is 0 Å². The summed E-state index contributed by atoms with van der Waals surface area (Å²) < 4.78 is 7.14. The number of nitrogens with one attached hydrogen (secondary N) is 1. The van der Waals surface area contributed by atoms with Crippen LogP contribution in [0.4, 0.5) is 0 Å². The Morgan fingerprint density at radius 2 is 2.25 bits per heavy atom. The molecule has 0 amide bonds. The molecule has 3 rings (SSSR count). The highest BCUT2D eigenvalue weighted by Crippen LogP contribution is 2.31. The van der Waals surface area contributed by atoms with E-state index in [2.05, 4.69) is 15.0 Å². The molecule has 1 aliphatic heterocycles. The van der Waals surface area contributed by atoms with Gasteiger partial charge in [0.15, 0.2) is 17.4 Å². The molecule has 0 bridgehead atoms. The molecule has 4 atom stereocenters. The lowest BCUT2D eigenvalue weighted by Gasteiger charge is -2.16. The van der Waals surface area contributed by atoms with Crippen LogP contribution in [0.25, 0.3) is 11.2 Å². The van der Waals surface area contributed by atoms with Crippen LogP contribution in [0, 0.1) is 0 Å². The zero-order valence-electron chi connectivity index (χ0n) is 10.6. The van der Waals surface area contributed by atoms with Gasteiger partial charge in [0.25, 0.3) is 5.56 Å². The molecule has 8 nitrogen and oxygen atoms in total. The van der Waals surface area contributed by atoms with Gasteiger partial charge in [-0.25, -0.2) is 9.97 Å². The smallest absolute Gasteiger partial charge is 0.278 e. The molecule has 20 heavy (non-hydrogen) atoms. The number of rotatable bonds is 3. The first-order valence-electron chi connectivity index (χ1n) is 6.04. The average Bonchev–Trinajstić information content (AvgIpc) is 2.97. The maximum absolute atomic E-state index is 11.6. The first-order valence-corrected chi connectivity index (χ1v) is 7.43. The van der Waals surface area contributed by atoms with Gasteiger partial charge in [0.2, 0.25) is 0 Å². The molecule has 1 saturated heterocycles. The fraction of sp³-hybridized carbons (Fsp3) is 0.545. The van der Waals surface area contributed by atoms with Crippen LogP contribution in [0.2, 0.25) is 0 Å². The summed E-state index contributed by atoms with van der Waals surface area (Å²) in [6, 6.07) is 0. The Kier molecular flexibility index (Phi) is 3.50. The molecule has 3 heterocycles. The molecule has 3 N–H and O–H groups in total. The number of aliphatic hydroxyl groups excluding tert-OH is 2. The molecule has 0 saturated carbocycles. The van der Waals surface area contributed by atoms with Crippen LogP contribution in [0.15, 0.2) is 17.4 Å². The monoisotopic (exact) mass is 298 g/mol. The van der Waals surface area contributed by atoms with Crippen molar-refractivity contribution in [2.45, 2.75) is 24.5 Å². The molecule has 0 unspecified atom stereocenters. The third-order valence-electron chi connectivity index (χ3n) is 3.31. The second-order valence-electron chi connectivity index (χ2n) is 4.56. The average molecular weight is 298 g/mol. The second-order valence-corrected chi connectivity index (χ2v) is 5.47. The van der Waals surface area contributed by atoms with Crippen LogP contribution < -0.4 is 5.56 Å². The molecule has 0 radical (unpaired) electrons. The normalized spacial score (nSPS) is 30.1. The summed E-state index contributed by atoms with van der Waals surface area (Å²) in [5.74, 6) is 0.565. The fourth-order valence-electron chi connectivity index (χ4n) is 2.31. The minimum Gasteiger partial charge on any atom is -0.387 e. The summed E-state index contributed by atoms with van der Waals surface area (Å²) in [6.45, 7) is 0. The number of hydrogen-bond donors (Lipinski definition) is 3. The van der Waals surface area contributed by atoms with E-state index in [0.717, 1.165) is 0 Å². The first-order chi connectivity index (χ1) is 9.63. The van der Waals surface area contributed by atoms with Gasteiger partial charge in [-0.05, 0) is 6.26 Å². The Morgan fingerprint density at radius 1 is 1.45 bits per heavy atom. The van der Waals surface area contributed by atoms with E-state index in [9.17, 15) is 15.0 Å². The number of aromatic nitrogens is 4. The lowest BCUT2D eigenvalue weighted by atomic mass is 10.1. The predicted molar refractivity (Wildman–Crippen MR) is 72.5 cm³/mol. The van der Waals surface area contributed by atoms with Gasteiger partial charge in [-0.1, -0.05) is 0 Å². The third-order valence-corrected chi connectivity index (χ3v) is 3.97. The van der Waals surface area contributed by atoms with Gasteiger partial charge in [-0.2, -0.15) is 11.8 Å². The number of fused-ring (bicyclic) bond motifs is 1. The van der Waals surface area contributed by atoms with Crippen LogP contribution >= 0.6 is 11.8 Å². The van der Waals surface area contributed by atoms with Crippen molar-refractivity contribution in [1.29, 1.82) is 0 Å². The second kappa shape index (κ2) is 5.17. The number of thioether (sulfide) groups is 1. The highest BCUT2D eigenvalue weighted by Gasteiger charge is 2.43. The van der Waals surface area contributed by atoms with Crippen molar-refractivity contribution in [3.63, 3.8) is 0 Å². The molecule has 0 aromatic carbocycles. The lowest BCUT2D eigenvalue weighted by Crippen LogP contribution is -2.32. The molecular weight excluding hydrogens is 284 g/mol. The maximum atomic E-state index is 11.6. The van der Waals surface area contributed by atoms with Crippen LogP contribution in [0.3, 0.4) is 0 Å². The lowest BCUT2D eigenvalue weighted by molar-refractivity contribution is -0.0288. The van der Waals surface area contributed by atoms with Crippen LogP contribution in [0.5, 0.6) is 0 Å². The molecule has 108 valence electrons. The van der Waals surface area contributed by atoms with Crippen molar-refractivity contribution < 1.29 is 14.9 Å². The van der Waals surface area contributed by atoms with Crippen molar-refractivity contribution in [3.05, 3.63) is 23.0 Å². The van der Waals surface area contributed by atoms with Gasteiger partial charge in [0.1, 0.15) is 12.2 Å². The van der Waals surface area contributed by atoms with E-state index in [1.54, 1.807) is 0 Å². The van der Waals surface area contributed by atoms with Crippen LogP contribution in [-0.2, 0) is 4.74 Å². The molecular formula is C11H14N4O4S. The van der Waals surface area contributed by atoms with Crippen molar-refractivity contribution in [2.75, 3.05) is 12.0 Å². The predicted octanol–water partition coefficient (Wildman–Crippen LogP) is -0.898. The number of hydrogen-bond acceptors (Lipinski definition) is 7. The molecule has 2 aromatic heterocycles. The van der Waals surface area contributed by atoms with Gasteiger partial charge in [0.05, 0.1) is 18.8 Å². The van der Waals surface area contributed by atoms with Gasteiger partial charge in [0, 0.05) is 5.75 Å². The van der Waals surface area contributed by atoms with Gasteiger partial charge < -0.3 is 19.9 Å². The largest absolute Gasteiger partial charge is 0.387 e. The Balaban J connectivity index is 1.99. The Morgan fingerprint density at radius 3 is 3.00 bits per heavy atom. The number of aliphatic hydroxyl groups is 2.